The Hall–Kier alpha value is -1.92. The molecule has 1 unspecified atom stereocenters. The van der Waals surface area contributed by atoms with E-state index in [0.29, 0.717) is 38.3 Å². The third-order valence-electron chi connectivity index (χ3n) is 3.78. The summed E-state index contributed by atoms with van der Waals surface area (Å²) in [5, 5.41) is 3.73. The minimum atomic E-state index is -0.250. The zero-order valence-corrected chi connectivity index (χ0v) is 10.6. The molecule has 0 aliphatic carbocycles. The maximum atomic E-state index is 12.4. The van der Waals surface area contributed by atoms with Crippen LogP contribution in [0, 0.1) is 0 Å². The summed E-state index contributed by atoms with van der Waals surface area (Å²) in [5.41, 5.74) is 0. The molecule has 1 atom stereocenters. The van der Waals surface area contributed by atoms with Crippen LogP contribution in [0.25, 0.3) is 0 Å². The van der Waals surface area contributed by atoms with E-state index in [1.807, 2.05) is 0 Å². The fraction of sp³-hybridized carbons (Fsp3) is 0.667. The van der Waals surface area contributed by atoms with Gasteiger partial charge < -0.3 is 14.3 Å². The summed E-state index contributed by atoms with van der Waals surface area (Å²) >= 11 is 0. The van der Waals surface area contributed by atoms with Gasteiger partial charge in [0.25, 0.3) is 0 Å². The second-order valence-corrected chi connectivity index (χ2v) is 4.92. The van der Waals surface area contributed by atoms with Crippen molar-refractivity contribution < 1.29 is 14.1 Å². The number of hydrogen-bond donors (Lipinski definition) is 0. The lowest BCUT2D eigenvalue weighted by molar-refractivity contribution is -0.139. The van der Waals surface area contributed by atoms with Crippen LogP contribution in [0.4, 0.5) is 0 Å². The van der Waals surface area contributed by atoms with Crippen LogP contribution in [-0.2, 0) is 16.0 Å². The topological polar surface area (TPSA) is 79.5 Å². The molecule has 2 amide bonds. The van der Waals surface area contributed by atoms with Crippen molar-refractivity contribution in [2.24, 2.45) is 0 Å². The van der Waals surface area contributed by atoms with E-state index in [9.17, 15) is 9.59 Å². The quantitative estimate of drug-likeness (QED) is 0.757. The predicted molar refractivity (Wildman–Crippen MR) is 63.9 cm³/mol. The Balaban J connectivity index is 1.67. The zero-order valence-electron chi connectivity index (χ0n) is 10.6. The molecular weight excluding hydrogens is 248 g/mol. The molecule has 0 spiro atoms. The first-order valence-corrected chi connectivity index (χ1v) is 6.59. The van der Waals surface area contributed by atoms with Crippen molar-refractivity contribution in [1.29, 1.82) is 0 Å². The molecular formula is C12H16N4O3. The van der Waals surface area contributed by atoms with Gasteiger partial charge in [-0.2, -0.15) is 4.98 Å². The lowest BCUT2D eigenvalue weighted by atomic mass is 10.2. The highest BCUT2D eigenvalue weighted by Gasteiger charge is 2.38. The number of nitrogens with zero attached hydrogens (tertiary/aromatic N) is 4. The van der Waals surface area contributed by atoms with Crippen LogP contribution in [0.5, 0.6) is 0 Å². The summed E-state index contributed by atoms with van der Waals surface area (Å²) in [5.74, 6) is 0.747. The van der Waals surface area contributed by atoms with Gasteiger partial charge in [0, 0.05) is 32.5 Å². The highest BCUT2D eigenvalue weighted by atomic mass is 16.5. The molecule has 2 aliphatic heterocycles. The Morgan fingerprint density at radius 1 is 1.37 bits per heavy atom. The van der Waals surface area contributed by atoms with Gasteiger partial charge in [0.05, 0.1) is 0 Å². The van der Waals surface area contributed by atoms with Crippen LogP contribution in [0.3, 0.4) is 0 Å². The first-order chi connectivity index (χ1) is 9.25. The monoisotopic (exact) mass is 264 g/mol. The van der Waals surface area contributed by atoms with Crippen LogP contribution >= 0.6 is 0 Å². The Morgan fingerprint density at radius 2 is 2.26 bits per heavy atom. The third-order valence-corrected chi connectivity index (χ3v) is 3.78. The van der Waals surface area contributed by atoms with E-state index in [0.717, 1.165) is 12.8 Å². The van der Waals surface area contributed by atoms with Gasteiger partial charge in [0.1, 0.15) is 6.04 Å². The molecule has 19 heavy (non-hydrogen) atoms. The van der Waals surface area contributed by atoms with E-state index in [2.05, 4.69) is 14.7 Å². The number of amides is 2. The minimum Gasteiger partial charge on any atom is -0.343 e. The molecule has 7 nitrogen and oxygen atoms in total. The zero-order chi connectivity index (χ0) is 13.2. The van der Waals surface area contributed by atoms with E-state index < -0.39 is 0 Å². The Labute approximate surface area is 110 Å². The van der Waals surface area contributed by atoms with Gasteiger partial charge in [-0.05, 0) is 12.8 Å². The summed E-state index contributed by atoms with van der Waals surface area (Å²) in [6, 6.07) is -0.250. The lowest BCUT2D eigenvalue weighted by Crippen LogP contribution is -2.44. The Morgan fingerprint density at radius 3 is 3.05 bits per heavy atom. The van der Waals surface area contributed by atoms with E-state index in [1.54, 1.807) is 9.80 Å². The SMILES string of the molecule is O=C1C2CCCN2C(=O)CCN1CCc1ncon1. The number of carbonyl (C=O) groups excluding carboxylic acids is 2. The molecule has 102 valence electrons. The van der Waals surface area contributed by atoms with Gasteiger partial charge in [-0.25, -0.2) is 0 Å². The number of rotatable bonds is 3. The molecule has 0 bridgehead atoms. The predicted octanol–water partition coefficient (Wildman–Crippen LogP) is -0.165. The molecule has 0 saturated carbocycles. The fourth-order valence-corrected chi connectivity index (χ4v) is 2.78. The largest absolute Gasteiger partial charge is 0.343 e. The summed E-state index contributed by atoms with van der Waals surface area (Å²) in [4.78, 5) is 31.8. The Bertz CT molecular complexity index is 473. The van der Waals surface area contributed by atoms with Gasteiger partial charge >= 0.3 is 0 Å². The van der Waals surface area contributed by atoms with Crippen LogP contribution in [0.2, 0.25) is 0 Å². The molecule has 3 rings (SSSR count). The van der Waals surface area contributed by atoms with Crippen molar-refractivity contribution in [3.8, 4) is 0 Å². The summed E-state index contributed by atoms with van der Waals surface area (Å²) < 4.78 is 4.67. The average Bonchev–Trinajstić information content (AvgIpc) is 3.07. The number of hydrogen-bond acceptors (Lipinski definition) is 5. The maximum absolute atomic E-state index is 12.4. The van der Waals surface area contributed by atoms with Crippen LogP contribution in [-0.4, -0.2) is 57.4 Å². The van der Waals surface area contributed by atoms with Crippen molar-refractivity contribution in [1.82, 2.24) is 19.9 Å². The van der Waals surface area contributed by atoms with Crippen molar-refractivity contribution in [2.75, 3.05) is 19.6 Å². The van der Waals surface area contributed by atoms with Crippen molar-refractivity contribution in [3.63, 3.8) is 0 Å². The van der Waals surface area contributed by atoms with Crippen LogP contribution < -0.4 is 0 Å². The van der Waals surface area contributed by atoms with E-state index >= 15 is 0 Å². The van der Waals surface area contributed by atoms with Crippen molar-refractivity contribution in [3.05, 3.63) is 12.2 Å². The summed E-state index contributed by atoms with van der Waals surface area (Å²) in [6.45, 7) is 1.74. The highest BCUT2D eigenvalue weighted by molar-refractivity contribution is 5.90. The van der Waals surface area contributed by atoms with Crippen LogP contribution in [0.15, 0.2) is 10.9 Å². The second kappa shape index (κ2) is 4.99. The van der Waals surface area contributed by atoms with E-state index in [-0.39, 0.29) is 17.9 Å². The third kappa shape index (κ3) is 2.32. The smallest absolute Gasteiger partial charge is 0.245 e. The average molecular weight is 264 g/mol. The summed E-state index contributed by atoms with van der Waals surface area (Å²) in [6.07, 6.45) is 3.95. The first kappa shape index (κ1) is 12.1. The Kier molecular flexibility index (Phi) is 3.18. The van der Waals surface area contributed by atoms with Gasteiger partial charge in [-0.1, -0.05) is 5.16 Å². The number of fused-ring (bicyclic) bond motifs is 1. The molecule has 0 aromatic carbocycles. The lowest BCUT2D eigenvalue weighted by Gasteiger charge is -2.24. The molecule has 2 fully saturated rings. The minimum absolute atomic E-state index is 0.0619. The highest BCUT2D eigenvalue weighted by Crippen LogP contribution is 2.23. The maximum Gasteiger partial charge on any atom is 0.245 e. The van der Waals surface area contributed by atoms with Gasteiger partial charge in [0.2, 0.25) is 18.2 Å². The van der Waals surface area contributed by atoms with Gasteiger partial charge in [-0.3, -0.25) is 9.59 Å². The molecule has 2 aliphatic rings. The van der Waals surface area contributed by atoms with E-state index in [4.69, 9.17) is 0 Å². The molecule has 3 heterocycles. The van der Waals surface area contributed by atoms with Crippen molar-refractivity contribution >= 4 is 11.8 Å². The fourth-order valence-electron chi connectivity index (χ4n) is 2.78. The molecule has 0 radical (unpaired) electrons. The molecule has 1 aromatic heterocycles. The van der Waals surface area contributed by atoms with Crippen molar-refractivity contribution in [2.45, 2.75) is 31.7 Å². The summed E-state index contributed by atoms with van der Waals surface area (Å²) in [7, 11) is 0. The number of carbonyl (C=O) groups is 2. The molecule has 1 aromatic rings. The van der Waals surface area contributed by atoms with Crippen LogP contribution in [0.1, 0.15) is 25.1 Å². The van der Waals surface area contributed by atoms with Gasteiger partial charge in [-0.15, -0.1) is 0 Å². The first-order valence-electron chi connectivity index (χ1n) is 6.59. The second-order valence-electron chi connectivity index (χ2n) is 4.92. The molecule has 2 saturated heterocycles. The number of aromatic nitrogens is 2. The molecule has 0 N–H and O–H groups in total. The normalized spacial score (nSPS) is 23.7. The van der Waals surface area contributed by atoms with E-state index in [1.165, 1.54) is 6.39 Å². The molecule has 7 heteroatoms. The standard InChI is InChI=1S/C12H16N4O3/c17-11-4-7-15(6-3-10-13-8-19-14-10)12(18)9-2-1-5-16(9)11/h8-9H,1-7H2. The van der Waals surface area contributed by atoms with Gasteiger partial charge in [0.15, 0.2) is 5.82 Å².